The fourth-order valence-electron chi connectivity index (χ4n) is 1.12. The van der Waals surface area contributed by atoms with E-state index in [2.05, 4.69) is 12.2 Å². The van der Waals surface area contributed by atoms with Crippen LogP contribution in [0.15, 0.2) is 18.2 Å². The van der Waals surface area contributed by atoms with Gasteiger partial charge in [-0.15, -0.1) is 0 Å². The van der Waals surface area contributed by atoms with Crippen LogP contribution < -0.4 is 11.6 Å². The molecule has 1 rings (SSSR count). The molecule has 0 aromatic heterocycles. The Morgan fingerprint density at radius 1 is 1.35 bits per heavy atom. The maximum atomic E-state index is 11.8. The van der Waals surface area contributed by atoms with Crippen LogP contribution in [0.25, 0.3) is 0 Å². The normalized spacial score (nSPS) is 8.88. The van der Waals surface area contributed by atoms with Crippen LogP contribution in [0.2, 0.25) is 0 Å². The number of hydrogen-bond acceptors (Lipinski definition) is 5. The monoisotopic (exact) mass is 245 g/mol. The van der Waals surface area contributed by atoms with Crippen LogP contribution in [0.4, 0.5) is 0 Å². The molecule has 0 bridgehead atoms. The van der Waals surface area contributed by atoms with Crippen LogP contribution in [0.3, 0.4) is 0 Å². The molecule has 0 aliphatic heterocycles. The number of nitriles is 2. The van der Waals surface area contributed by atoms with Gasteiger partial charge in [-0.2, -0.15) is 10.5 Å². The van der Waals surface area contributed by atoms with Crippen LogP contribution >= 0.6 is 12.2 Å². The number of carbonyl (C=O) groups excluding carboxylic acids is 1. The maximum absolute atomic E-state index is 11.8. The van der Waals surface area contributed by atoms with Gasteiger partial charge in [-0.25, -0.2) is 10.9 Å². The summed E-state index contributed by atoms with van der Waals surface area (Å²) in [6.45, 7) is 0. The van der Waals surface area contributed by atoms with Gasteiger partial charge in [0.1, 0.15) is 0 Å². The first-order valence-corrected chi connectivity index (χ1v) is 4.75. The molecule has 0 saturated carbocycles. The number of rotatable bonds is 1. The minimum absolute atomic E-state index is 0.0122. The average molecular weight is 245 g/mol. The first kappa shape index (κ1) is 12.6. The molecule has 0 fully saturated rings. The quantitative estimate of drug-likeness (QED) is 0.311. The first-order valence-electron chi connectivity index (χ1n) is 4.34. The van der Waals surface area contributed by atoms with E-state index in [-0.39, 0.29) is 21.8 Å². The highest BCUT2D eigenvalue weighted by Crippen LogP contribution is 2.12. The lowest BCUT2D eigenvalue weighted by atomic mass is 10.0. The van der Waals surface area contributed by atoms with Crippen LogP contribution in [-0.2, 0) is 0 Å². The zero-order valence-electron chi connectivity index (χ0n) is 8.54. The second kappa shape index (κ2) is 5.03. The SMILES string of the molecule is N#Cc1ccc(C#N)c(C(=O)N(N)C(N)=S)c1. The number of carbonyl (C=O) groups is 1. The molecule has 1 amide bonds. The van der Waals surface area contributed by atoms with Crippen molar-refractivity contribution in [1.82, 2.24) is 5.01 Å². The van der Waals surface area contributed by atoms with Gasteiger partial charge in [0.25, 0.3) is 5.91 Å². The van der Waals surface area contributed by atoms with Crippen LogP contribution in [-0.4, -0.2) is 16.0 Å². The number of amides is 1. The van der Waals surface area contributed by atoms with Gasteiger partial charge in [-0.3, -0.25) is 4.79 Å². The van der Waals surface area contributed by atoms with E-state index in [1.165, 1.54) is 18.2 Å². The molecule has 84 valence electrons. The third-order valence-electron chi connectivity index (χ3n) is 1.96. The number of hydrazine groups is 1. The minimum Gasteiger partial charge on any atom is -0.375 e. The standard InChI is InChI=1S/C10H7N5OS/c11-4-6-1-2-7(5-12)8(3-6)9(16)15(14)10(13)17/h1-3H,14H2,(H2,13,17). The third-order valence-corrected chi connectivity index (χ3v) is 2.15. The highest BCUT2D eigenvalue weighted by Gasteiger charge is 2.18. The lowest BCUT2D eigenvalue weighted by Gasteiger charge is -2.14. The number of nitrogens with zero attached hydrogens (tertiary/aromatic N) is 3. The molecule has 7 heteroatoms. The molecule has 0 atom stereocenters. The number of thiocarbonyl (C=S) groups is 1. The van der Waals surface area contributed by atoms with E-state index in [1.807, 2.05) is 12.1 Å². The van der Waals surface area contributed by atoms with Crippen molar-refractivity contribution in [3.05, 3.63) is 34.9 Å². The fraction of sp³-hybridized carbons (Fsp3) is 0. The van der Waals surface area contributed by atoms with Crippen LogP contribution in [0, 0.1) is 22.7 Å². The van der Waals surface area contributed by atoms with Gasteiger partial charge in [0.2, 0.25) is 0 Å². The summed E-state index contributed by atoms with van der Waals surface area (Å²) in [5.41, 5.74) is 5.53. The van der Waals surface area contributed by atoms with E-state index in [4.69, 9.17) is 22.1 Å². The fourth-order valence-corrected chi connectivity index (χ4v) is 1.20. The Hall–Kier alpha value is -2.48. The van der Waals surface area contributed by atoms with Gasteiger partial charge in [-0.05, 0) is 30.4 Å². The van der Waals surface area contributed by atoms with Gasteiger partial charge in [0.05, 0.1) is 28.8 Å². The molecule has 0 aliphatic carbocycles. The van der Waals surface area contributed by atoms with Gasteiger partial charge >= 0.3 is 0 Å². The summed E-state index contributed by atoms with van der Waals surface area (Å²) in [6, 6.07) is 7.73. The highest BCUT2D eigenvalue weighted by atomic mass is 32.1. The summed E-state index contributed by atoms with van der Waals surface area (Å²) in [4.78, 5) is 11.8. The lowest BCUT2D eigenvalue weighted by molar-refractivity contribution is 0.0848. The van der Waals surface area contributed by atoms with Gasteiger partial charge in [-0.1, -0.05) is 0 Å². The minimum atomic E-state index is -0.730. The molecule has 6 nitrogen and oxygen atoms in total. The second-order valence-corrected chi connectivity index (χ2v) is 3.42. The summed E-state index contributed by atoms with van der Waals surface area (Å²) >= 11 is 4.55. The third kappa shape index (κ3) is 2.55. The number of nitrogens with two attached hydrogens (primary N) is 2. The first-order chi connectivity index (χ1) is 8.01. The molecule has 1 aromatic rings. The number of benzene rings is 1. The molecule has 0 radical (unpaired) electrons. The highest BCUT2D eigenvalue weighted by molar-refractivity contribution is 7.80. The summed E-state index contributed by atoms with van der Waals surface area (Å²) < 4.78 is 0. The predicted octanol–water partition coefficient (Wildman–Crippen LogP) is -0.0105. The summed E-state index contributed by atoms with van der Waals surface area (Å²) in [7, 11) is 0. The van der Waals surface area contributed by atoms with Crippen LogP contribution in [0.1, 0.15) is 21.5 Å². The van der Waals surface area contributed by atoms with E-state index in [9.17, 15) is 4.79 Å². The predicted molar refractivity (Wildman–Crippen MR) is 63.0 cm³/mol. The summed E-state index contributed by atoms with van der Waals surface area (Å²) in [5, 5.41) is 17.8. The van der Waals surface area contributed by atoms with Crippen molar-refractivity contribution in [2.45, 2.75) is 0 Å². The Kier molecular flexibility index (Phi) is 3.73. The molecular formula is C10H7N5OS. The molecular weight excluding hydrogens is 238 g/mol. The maximum Gasteiger partial charge on any atom is 0.275 e. The Morgan fingerprint density at radius 3 is 2.47 bits per heavy atom. The molecule has 1 aromatic carbocycles. The van der Waals surface area contributed by atoms with E-state index in [1.54, 1.807) is 0 Å². The van der Waals surface area contributed by atoms with Crippen molar-refractivity contribution in [2.24, 2.45) is 11.6 Å². The molecule has 0 heterocycles. The topological polar surface area (TPSA) is 120 Å². The molecule has 0 saturated heterocycles. The molecule has 4 N–H and O–H groups in total. The molecule has 0 aliphatic rings. The van der Waals surface area contributed by atoms with Gasteiger partial charge < -0.3 is 5.73 Å². The van der Waals surface area contributed by atoms with Crippen molar-refractivity contribution < 1.29 is 4.79 Å². The van der Waals surface area contributed by atoms with Crippen molar-refractivity contribution >= 4 is 23.2 Å². The van der Waals surface area contributed by atoms with Crippen molar-refractivity contribution in [1.29, 1.82) is 10.5 Å². The van der Waals surface area contributed by atoms with Crippen LogP contribution in [0.5, 0.6) is 0 Å². The number of hydrogen-bond donors (Lipinski definition) is 2. The van der Waals surface area contributed by atoms with Gasteiger partial charge in [0.15, 0.2) is 5.11 Å². The summed E-state index contributed by atoms with van der Waals surface area (Å²) in [5.74, 6) is 4.60. The Labute approximate surface area is 103 Å². The van der Waals surface area contributed by atoms with Crippen molar-refractivity contribution in [3.63, 3.8) is 0 Å². The zero-order chi connectivity index (χ0) is 13.0. The largest absolute Gasteiger partial charge is 0.375 e. The smallest absolute Gasteiger partial charge is 0.275 e. The lowest BCUT2D eigenvalue weighted by Crippen LogP contribution is -2.45. The van der Waals surface area contributed by atoms with Gasteiger partial charge in [0, 0.05) is 0 Å². The van der Waals surface area contributed by atoms with E-state index in [0.29, 0.717) is 5.01 Å². The molecule has 0 spiro atoms. The Bertz CT molecular complexity index is 569. The average Bonchev–Trinajstić information content (AvgIpc) is 2.35. The van der Waals surface area contributed by atoms with E-state index in [0.717, 1.165) is 0 Å². The summed E-state index contributed by atoms with van der Waals surface area (Å²) in [6.07, 6.45) is 0. The Morgan fingerprint density at radius 2 is 2.00 bits per heavy atom. The van der Waals surface area contributed by atoms with E-state index < -0.39 is 5.91 Å². The van der Waals surface area contributed by atoms with E-state index >= 15 is 0 Å². The molecule has 17 heavy (non-hydrogen) atoms. The zero-order valence-corrected chi connectivity index (χ0v) is 9.36. The van der Waals surface area contributed by atoms with Crippen molar-refractivity contribution in [3.8, 4) is 12.1 Å². The Balaban J connectivity index is 3.30. The molecule has 0 unspecified atom stereocenters. The second-order valence-electron chi connectivity index (χ2n) is 3.00. The van der Waals surface area contributed by atoms with Crippen molar-refractivity contribution in [2.75, 3.05) is 0 Å².